The molecule has 2 aromatic rings. The molecule has 4 atom stereocenters. The van der Waals surface area contributed by atoms with E-state index in [0.29, 0.717) is 12.1 Å². The van der Waals surface area contributed by atoms with Crippen LogP contribution in [0.5, 0.6) is 11.5 Å². The van der Waals surface area contributed by atoms with Gasteiger partial charge in [0, 0.05) is 29.6 Å². The predicted octanol–water partition coefficient (Wildman–Crippen LogP) is 3.31. The highest BCUT2D eigenvalue weighted by atomic mass is 16.5. The molecule has 2 aromatic carbocycles. The average Bonchev–Trinajstić information content (AvgIpc) is 2.82. The first-order chi connectivity index (χ1) is 15.5. The topological polar surface area (TPSA) is 88.7 Å². The molecule has 0 aromatic heterocycles. The minimum Gasteiger partial charge on any atom is -0.497 e. The Balaban J connectivity index is 1.29. The normalized spacial score (nSPS) is 27.8. The molecular weight excluding hydrogens is 406 g/mol. The van der Waals surface area contributed by atoms with E-state index < -0.39 is 5.66 Å². The van der Waals surface area contributed by atoms with Gasteiger partial charge < -0.3 is 25.4 Å². The number of carbonyl (C=O) groups excluding carboxylic acids is 2. The van der Waals surface area contributed by atoms with Crippen molar-refractivity contribution in [3.63, 3.8) is 0 Å². The van der Waals surface area contributed by atoms with Gasteiger partial charge in [-0.05, 0) is 61.9 Å². The number of methoxy groups -OCH3 is 2. The lowest BCUT2D eigenvalue weighted by molar-refractivity contribution is -0.132. The largest absolute Gasteiger partial charge is 0.497 e. The smallest absolute Gasteiger partial charge is 0.255 e. The molecule has 7 nitrogen and oxygen atoms in total. The molecule has 0 radical (unpaired) electrons. The zero-order valence-corrected chi connectivity index (χ0v) is 18.4. The first kappa shape index (κ1) is 20.7. The Labute approximate surface area is 187 Å². The molecule has 1 spiro atoms. The lowest BCUT2D eigenvalue weighted by atomic mass is 9.58. The predicted molar refractivity (Wildman–Crippen MR) is 121 cm³/mol. The van der Waals surface area contributed by atoms with E-state index in [-0.39, 0.29) is 29.6 Å². The van der Waals surface area contributed by atoms with Crippen molar-refractivity contribution < 1.29 is 19.1 Å². The Hall–Kier alpha value is -3.22. The Morgan fingerprint density at radius 3 is 2.72 bits per heavy atom. The number of para-hydroxylation sites is 1. The molecule has 3 saturated carbocycles. The van der Waals surface area contributed by atoms with Crippen molar-refractivity contribution >= 4 is 17.5 Å². The third-order valence-corrected chi connectivity index (χ3v) is 7.42. The number of amides is 2. The van der Waals surface area contributed by atoms with Crippen molar-refractivity contribution in [2.45, 2.75) is 37.9 Å². The highest BCUT2D eigenvalue weighted by molar-refractivity contribution is 6.02. The van der Waals surface area contributed by atoms with E-state index in [1.807, 2.05) is 42.5 Å². The number of fused-ring (bicyclic) bond motifs is 3. The van der Waals surface area contributed by atoms with E-state index in [1.54, 1.807) is 14.2 Å². The van der Waals surface area contributed by atoms with Gasteiger partial charge in [0.25, 0.3) is 5.91 Å². The van der Waals surface area contributed by atoms with Gasteiger partial charge in [-0.2, -0.15) is 0 Å². The number of ether oxygens (including phenoxy) is 2. The van der Waals surface area contributed by atoms with Gasteiger partial charge in [-0.3, -0.25) is 9.59 Å². The second-order valence-corrected chi connectivity index (χ2v) is 9.07. The molecule has 0 unspecified atom stereocenters. The SMILES string of the molecule is COc1ccc(OC)c(CNC(=O)[C@@H]2C[C@@H]3CC[C@@H]2C[C@@]32NC(=O)c3ccccc3N2)c1. The van der Waals surface area contributed by atoms with Gasteiger partial charge in [-0.25, -0.2) is 0 Å². The molecule has 2 amide bonds. The molecule has 1 aliphatic heterocycles. The zero-order valence-electron chi connectivity index (χ0n) is 18.4. The van der Waals surface area contributed by atoms with E-state index in [0.717, 1.165) is 48.4 Å². The molecule has 6 rings (SSSR count). The second kappa shape index (κ2) is 8.04. The Morgan fingerprint density at radius 1 is 1.12 bits per heavy atom. The van der Waals surface area contributed by atoms with Crippen molar-refractivity contribution in [3.05, 3.63) is 53.6 Å². The van der Waals surface area contributed by atoms with Crippen molar-refractivity contribution in [2.75, 3.05) is 19.5 Å². The number of rotatable bonds is 5. The fraction of sp³-hybridized carbons (Fsp3) is 0.440. The average molecular weight is 436 g/mol. The van der Waals surface area contributed by atoms with Crippen LogP contribution in [-0.2, 0) is 11.3 Å². The highest BCUT2D eigenvalue weighted by Gasteiger charge is 2.55. The number of benzene rings is 2. The van der Waals surface area contributed by atoms with Crippen molar-refractivity contribution in [2.24, 2.45) is 17.8 Å². The summed E-state index contributed by atoms with van der Waals surface area (Å²) in [7, 11) is 3.24. The molecule has 1 heterocycles. The molecule has 7 heteroatoms. The first-order valence-corrected chi connectivity index (χ1v) is 11.2. The van der Waals surface area contributed by atoms with Crippen LogP contribution in [0.15, 0.2) is 42.5 Å². The number of hydrogen-bond acceptors (Lipinski definition) is 5. The van der Waals surface area contributed by atoms with Crippen molar-refractivity contribution in [3.8, 4) is 11.5 Å². The Kier molecular flexibility index (Phi) is 5.19. The number of anilines is 1. The van der Waals surface area contributed by atoms with E-state index in [1.165, 1.54) is 0 Å². The van der Waals surface area contributed by atoms with Gasteiger partial charge >= 0.3 is 0 Å². The summed E-state index contributed by atoms with van der Waals surface area (Å²) in [6.07, 6.45) is 3.54. The van der Waals surface area contributed by atoms with Gasteiger partial charge in [-0.1, -0.05) is 12.1 Å². The minimum absolute atomic E-state index is 0.0296. The Bertz CT molecular complexity index is 1060. The maximum Gasteiger partial charge on any atom is 0.255 e. The molecule has 4 aliphatic rings. The fourth-order valence-electron chi connectivity index (χ4n) is 5.80. The molecule has 32 heavy (non-hydrogen) atoms. The zero-order chi connectivity index (χ0) is 22.3. The summed E-state index contributed by atoms with van der Waals surface area (Å²) in [6.45, 7) is 0.389. The summed E-state index contributed by atoms with van der Waals surface area (Å²) in [5.41, 5.74) is 1.99. The maximum absolute atomic E-state index is 13.2. The lowest BCUT2D eigenvalue weighted by Crippen LogP contribution is -2.68. The van der Waals surface area contributed by atoms with E-state index in [9.17, 15) is 9.59 Å². The molecule has 0 saturated heterocycles. The van der Waals surface area contributed by atoms with Gasteiger partial charge in [-0.15, -0.1) is 0 Å². The monoisotopic (exact) mass is 435 g/mol. The molecule has 3 N–H and O–H groups in total. The summed E-state index contributed by atoms with van der Waals surface area (Å²) in [5.74, 6) is 1.89. The van der Waals surface area contributed by atoms with Gasteiger partial charge in [0.15, 0.2) is 0 Å². The summed E-state index contributed by atoms with van der Waals surface area (Å²) in [5, 5.41) is 9.99. The standard InChI is InChI=1S/C25H29N3O4/c1-31-18-9-10-22(32-2)16(11-18)14-26-23(29)20-12-17-8-7-15(20)13-25(17)27-21-6-4-3-5-19(21)24(30)28-25/h3-6,9-11,15,17,20,27H,7-8,12-14H2,1-2H3,(H,26,29)(H,28,30)/t15-,17+,20-,25-/m1/s1. The molecular formula is C25H29N3O4. The van der Waals surface area contributed by atoms with Crippen molar-refractivity contribution in [1.82, 2.24) is 10.6 Å². The third-order valence-electron chi connectivity index (χ3n) is 7.42. The van der Waals surface area contributed by atoms with Crippen LogP contribution in [0.2, 0.25) is 0 Å². The van der Waals surface area contributed by atoms with Crippen molar-refractivity contribution in [1.29, 1.82) is 0 Å². The Morgan fingerprint density at radius 2 is 1.97 bits per heavy atom. The van der Waals surface area contributed by atoms with Gasteiger partial charge in [0.05, 0.1) is 19.8 Å². The van der Waals surface area contributed by atoms with Crippen LogP contribution in [0, 0.1) is 17.8 Å². The lowest BCUT2D eigenvalue weighted by Gasteiger charge is -2.56. The third kappa shape index (κ3) is 3.45. The molecule has 168 valence electrons. The summed E-state index contributed by atoms with van der Waals surface area (Å²) in [6, 6.07) is 13.2. The van der Waals surface area contributed by atoms with Gasteiger partial charge in [0.1, 0.15) is 17.2 Å². The molecule has 3 fully saturated rings. The summed E-state index contributed by atoms with van der Waals surface area (Å²) >= 11 is 0. The number of nitrogens with one attached hydrogen (secondary N) is 3. The maximum atomic E-state index is 13.2. The van der Waals surface area contributed by atoms with Crippen LogP contribution in [0.25, 0.3) is 0 Å². The highest BCUT2D eigenvalue weighted by Crippen LogP contribution is 2.51. The molecule has 2 bridgehead atoms. The summed E-state index contributed by atoms with van der Waals surface area (Å²) < 4.78 is 10.7. The summed E-state index contributed by atoms with van der Waals surface area (Å²) in [4.78, 5) is 25.9. The van der Waals surface area contributed by atoms with Gasteiger partial charge in [0.2, 0.25) is 5.91 Å². The molecule has 3 aliphatic carbocycles. The first-order valence-electron chi connectivity index (χ1n) is 11.2. The van der Waals surface area contributed by atoms with E-state index in [4.69, 9.17) is 9.47 Å². The number of carbonyl (C=O) groups is 2. The van der Waals surface area contributed by atoms with Crippen LogP contribution < -0.4 is 25.4 Å². The second-order valence-electron chi connectivity index (χ2n) is 9.07. The number of hydrogen-bond donors (Lipinski definition) is 3. The van der Waals surface area contributed by atoms with Crippen LogP contribution in [0.4, 0.5) is 5.69 Å². The van der Waals surface area contributed by atoms with Crippen LogP contribution in [-0.4, -0.2) is 31.7 Å². The van der Waals surface area contributed by atoms with Crippen LogP contribution in [0.3, 0.4) is 0 Å². The fourth-order valence-corrected chi connectivity index (χ4v) is 5.80. The minimum atomic E-state index is -0.457. The van der Waals surface area contributed by atoms with Crippen LogP contribution >= 0.6 is 0 Å². The quantitative estimate of drug-likeness (QED) is 0.671. The van der Waals surface area contributed by atoms with Crippen LogP contribution in [0.1, 0.15) is 41.6 Å². The van der Waals surface area contributed by atoms with E-state index in [2.05, 4.69) is 16.0 Å². The van der Waals surface area contributed by atoms with E-state index >= 15 is 0 Å².